The van der Waals surface area contributed by atoms with Crippen LogP contribution in [0, 0.1) is 0 Å². The Kier molecular flexibility index (Phi) is 5.73. The molecule has 0 aromatic heterocycles. The van der Waals surface area contributed by atoms with E-state index in [0.29, 0.717) is 0 Å². The average Bonchev–Trinajstić information content (AvgIpc) is 2.01. The predicted molar refractivity (Wildman–Crippen MR) is 52.4 cm³/mol. The molecule has 0 heterocycles. The van der Waals surface area contributed by atoms with Gasteiger partial charge in [0.05, 0.1) is 0 Å². The first-order valence-electron chi connectivity index (χ1n) is 2.35. The molecule has 0 radical (unpaired) electrons. The second-order valence-electron chi connectivity index (χ2n) is 1.37. The van der Waals surface area contributed by atoms with E-state index in [1.807, 2.05) is 0 Å². The fourth-order valence-electron chi connectivity index (χ4n) is 0.342. The molecule has 3 nitrogen and oxygen atoms in total. The first-order valence-corrected chi connectivity index (χ1v) is 8.37. The fourth-order valence-corrected chi connectivity index (χ4v) is 5.80. The maximum Gasteiger partial charge on any atom is 0.338 e. The molecule has 0 bridgehead atoms. The minimum absolute atomic E-state index is 1.21. The van der Waals surface area contributed by atoms with Crippen molar-refractivity contribution in [2.45, 2.75) is 0 Å². The van der Waals surface area contributed by atoms with E-state index >= 15 is 0 Å². The summed E-state index contributed by atoms with van der Waals surface area (Å²) >= 11 is 4.32. The number of nitrogens with zero attached hydrogens (tertiary/aromatic N) is 1. The van der Waals surface area contributed by atoms with Gasteiger partial charge >= 0.3 is 6.72 Å². The van der Waals surface area contributed by atoms with Crippen molar-refractivity contribution < 1.29 is 9.09 Å². The Labute approximate surface area is 76.8 Å². The summed E-state index contributed by atoms with van der Waals surface area (Å²) in [5.41, 5.74) is 0. The van der Waals surface area contributed by atoms with Crippen LogP contribution in [-0.2, 0) is 9.09 Å². The molecule has 0 saturated heterocycles. The minimum Gasteiger partial charge on any atom is -0.313 e. The van der Waals surface area contributed by atoms with Gasteiger partial charge in [-0.05, 0) is 6.26 Å². The Morgan fingerprint density at radius 3 is 2.30 bits per heavy atom. The second-order valence-corrected chi connectivity index (χ2v) is 7.94. The van der Waals surface area contributed by atoms with Crippen molar-refractivity contribution in [2.24, 2.45) is 0 Å². The number of hydrogen-bond donors (Lipinski definition) is 0. The number of rotatable bonds is 4. The van der Waals surface area contributed by atoms with E-state index in [0.717, 1.165) is 0 Å². The zero-order chi connectivity index (χ0) is 8.20. The highest BCUT2D eigenvalue weighted by Gasteiger charge is 2.26. The Morgan fingerprint density at radius 1 is 1.70 bits per heavy atom. The zero-order valence-electron chi connectivity index (χ0n) is 5.91. The highest BCUT2D eigenvalue weighted by atomic mass is 79.9. The molecule has 0 amide bonds. The van der Waals surface area contributed by atoms with E-state index in [1.165, 1.54) is 28.9 Å². The molecule has 0 aromatic carbocycles. The molecular weight excluding hydrogens is 257 g/mol. The molecule has 0 rings (SSSR count). The van der Waals surface area contributed by atoms with Crippen LogP contribution < -0.4 is 0 Å². The molecule has 62 valence electrons. The van der Waals surface area contributed by atoms with Gasteiger partial charge in [-0.2, -0.15) is 4.08 Å². The van der Waals surface area contributed by atoms with Crippen LogP contribution in [0.4, 0.5) is 0 Å². The number of halogens is 1. The highest BCUT2D eigenvalue weighted by molar-refractivity contribution is 9.50. The van der Waals surface area contributed by atoms with Crippen molar-refractivity contribution in [3.63, 3.8) is 0 Å². The average molecular weight is 266 g/mol. The molecule has 1 atom stereocenters. The smallest absolute Gasteiger partial charge is 0.313 e. The maximum atomic E-state index is 11.5. The minimum atomic E-state index is -2.61. The molecule has 0 aliphatic rings. The van der Waals surface area contributed by atoms with Crippen molar-refractivity contribution in [1.29, 1.82) is 0 Å². The van der Waals surface area contributed by atoms with Crippen LogP contribution in [0.3, 0.4) is 0 Å². The van der Waals surface area contributed by atoms with Gasteiger partial charge < -0.3 is 4.52 Å². The monoisotopic (exact) mass is 265 g/mol. The summed E-state index contributed by atoms with van der Waals surface area (Å²) in [5, 5.41) is 0. The molecule has 0 saturated carbocycles. The Morgan fingerprint density at radius 2 is 2.20 bits per heavy atom. The zero-order valence-corrected chi connectivity index (χ0v) is 10.0. The van der Waals surface area contributed by atoms with Gasteiger partial charge in [-0.3, -0.25) is 4.57 Å². The summed E-state index contributed by atoms with van der Waals surface area (Å²) in [5.74, 6) is 0. The normalized spacial score (nSPS) is 17.3. The predicted octanol–water partition coefficient (Wildman–Crippen LogP) is 2.99. The van der Waals surface area contributed by atoms with Crippen molar-refractivity contribution in [3.8, 4) is 0 Å². The van der Waals surface area contributed by atoms with Crippen molar-refractivity contribution in [1.82, 2.24) is 4.08 Å². The topological polar surface area (TPSA) is 29.5 Å². The molecular formula is C3H9BrNO2PS2. The SMILES string of the molecule is COP(=O)(SC)N(C)SBr. The number of hydrogen-bond acceptors (Lipinski definition) is 4. The first kappa shape index (κ1) is 11.3. The van der Waals surface area contributed by atoms with Crippen molar-refractivity contribution in [3.05, 3.63) is 0 Å². The van der Waals surface area contributed by atoms with Gasteiger partial charge in [-0.25, -0.2) is 0 Å². The van der Waals surface area contributed by atoms with E-state index in [4.69, 9.17) is 4.52 Å². The third-order valence-electron chi connectivity index (χ3n) is 0.906. The van der Waals surface area contributed by atoms with Crippen LogP contribution in [0.1, 0.15) is 0 Å². The fraction of sp³-hybridized carbons (Fsp3) is 1.00. The Hall–Kier alpha value is 1.33. The summed E-state index contributed by atoms with van der Waals surface area (Å²) in [7, 11) is 4.37. The molecule has 10 heavy (non-hydrogen) atoms. The summed E-state index contributed by atoms with van der Waals surface area (Å²) in [6, 6.07) is 0. The third-order valence-corrected chi connectivity index (χ3v) is 8.46. The van der Waals surface area contributed by atoms with Gasteiger partial charge in [-0.15, -0.1) is 0 Å². The summed E-state index contributed by atoms with van der Waals surface area (Å²) in [4.78, 5) is 0. The molecule has 0 N–H and O–H groups in total. The van der Waals surface area contributed by atoms with E-state index in [2.05, 4.69) is 14.8 Å². The summed E-state index contributed by atoms with van der Waals surface area (Å²) in [6.07, 6.45) is 1.75. The molecule has 0 spiro atoms. The van der Waals surface area contributed by atoms with Crippen molar-refractivity contribution >= 4 is 43.3 Å². The van der Waals surface area contributed by atoms with Crippen LogP contribution in [0.25, 0.3) is 0 Å². The van der Waals surface area contributed by atoms with Gasteiger partial charge in [-0.1, -0.05) is 11.4 Å². The second kappa shape index (κ2) is 5.06. The van der Waals surface area contributed by atoms with Crippen LogP contribution in [-0.4, -0.2) is 24.5 Å². The van der Waals surface area contributed by atoms with Crippen LogP contribution in [0.15, 0.2) is 0 Å². The lowest BCUT2D eigenvalue weighted by Gasteiger charge is -2.20. The quantitative estimate of drug-likeness (QED) is 0.576. The third kappa shape index (κ3) is 2.75. The lowest BCUT2D eigenvalue weighted by molar-refractivity contribution is 0.386. The van der Waals surface area contributed by atoms with Crippen LogP contribution in [0.5, 0.6) is 0 Å². The van der Waals surface area contributed by atoms with Gasteiger partial charge in [0.2, 0.25) is 0 Å². The van der Waals surface area contributed by atoms with Crippen LogP contribution in [0.2, 0.25) is 0 Å². The Bertz CT molecular complexity index is 138. The molecule has 0 aliphatic heterocycles. The Balaban J connectivity index is 4.18. The van der Waals surface area contributed by atoms with Gasteiger partial charge in [0, 0.05) is 39.4 Å². The largest absolute Gasteiger partial charge is 0.338 e. The molecule has 0 fully saturated rings. The summed E-state index contributed by atoms with van der Waals surface area (Å²) < 4.78 is 17.9. The molecule has 1 unspecified atom stereocenters. The first-order chi connectivity index (χ1) is 4.60. The van der Waals surface area contributed by atoms with E-state index in [9.17, 15) is 4.57 Å². The van der Waals surface area contributed by atoms with Gasteiger partial charge in [0.25, 0.3) is 0 Å². The van der Waals surface area contributed by atoms with Crippen LogP contribution >= 0.6 is 43.3 Å². The molecule has 0 aromatic rings. The standard InChI is InChI=1S/C3H9BrNO2PS2/c1-5(10-4)8(6,7-2)9-3/h1-3H3. The summed E-state index contributed by atoms with van der Waals surface area (Å²) in [6.45, 7) is -2.61. The lowest BCUT2D eigenvalue weighted by atomic mass is 11.6. The lowest BCUT2D eigenvalue weighted by Crippen LogP contribution is -2.01. The van der Waals surface area contributed by atoms with Gasteiger partial charge in [0.1, 0.15) is 0 Å². The van der Waals surface area contributed by atoms with Crippen molar-refractivity contribution in [2.75, 3.05) is 20.4 Å². The molecule has 0 aliphatic carbocycles. The van der Waals surface area contributed by atoms with E-state index < -0.39 is 6.72 Å². The van der Waals surface area contributed by atoms with E-state index in [1.54, 1.807) is 17.4 Å². The van der Waals surface area contributed by atoms with E-state index in [-0.39, 0.29) is 0 Å². The van der Waals surface area contributed by atoms with Gasteiger partial charge in [0.15, 0.2) is 0 Å². The maximum absolute atomic E-state index is 11.5. The molecule has 7 heteroatoms. The highest BCUT2D eigenvalue weighted by Crippen LogP contribution is 2.63.